The smallest absolute Gasteiger partial charge is 0.141 e. The minimum Gasteiger partial charge on any atom is -0.353 e. The van der Waals surface area contributed by atoms with Crippen LogP contribution in [0.2, 0.25) is 5.02 Å². The van der Waals surface area contributed by atoms with Crippen LogP contribution in [0.1, 0.15) is 40.5 Å². The molecule has 168 valence electrons. The zero-order valence-corrected chi connectivity index (χ0v) is 20.2. The molecule has 1 atom stereocenters. The van der Waals surface area contributed by atoms with E-state index in [0.717, 1.165) is 48.3 Å². The third-order valence-corrected chi connectivity index (χ3v) is 8.57. The lowest BCUT2D eigenvalue weighted by Gasteiger charge is -2.40. The van der Waals surface area contributed by atoms with Crippen LogP contribution in [-0.2, 0) is 12.8 Å². The first-order chi connectivity index (χ1) is 16.3. The lowest BCUT2D eigenvalue weighted by molar-refractivity contribution is 0.212. The number of nitrogens with zero attached hydrogens (tertiary/aromatic N) is 4. The second kappa shape index (κ2) is 9.05. The molecule has 6 heteroatoms. The molecule has 1 aliphatic carbocycles. The van der Waals surface area contributed by atoms with E-state index in [1.807, 2.05) is 23.5 Å². The van der Waals surface area contributed by atoms with E-state index in [1.165, 1.54) is 46.2 Å². The van der Waals surface area contributed by atoms with Gasteiger partial charge in [0, 0.05) is 36.1 Å². The Labute approximate surface area is 203 Å². The van der Waals surface area contributed by atoms with Gasteiger partial charge in [-0.15, -0.1) is 11.3 Å². The highest BCUT2D eigenvalue weighted by Gasteiger charge is 2.30. The minimum atomic E-state index is 0.154. The Morgan fingerprint density at radius 2 is 1.61 bits per heavy atom. The predicted molar refractivity (Wildman–Crippen MR) is 138 cm³/mol. The maximum atomic E-state index is 6.68. The number of anilines is 1. The Morgan fingerprint density at radius 3 is 2.42 bits per heavy atom. The molecule has 33 heavy (non-hydrogen) atoms. The van der Waals surface area contributed by atoms with Gasteiger partial charge in [0.2, 0.25) is 0 Å². The van der Waals surface area contributed by atoms with Crippen LogP contribution in [0.3, 0.4) is 0 Å². The second-order valence-corrected chi connectivity index (χ2v) is 10.4. The number of benzene rings is 2. The SMILES string of the molecule is Clc1ccccc1[C@@H](c1ccccc1)N1CCN(c2ncnc3sc4c(c23)CCCC4)CC1. The zero-order chi connectivity index (χ0) is 22.2. The maximum Gasteiger partial charge on any atom is 0.141 e. The van der Waals surface area contributed by atoms with Crippen LogP contribution in [0, 0.1) is 0 Å². The monoisotopic (exact) mass is 474 g/mol. The third-order valence-electron chi connectivity index (χ3n) is 7.03. The van der Waals surface area contributed by atoms with Gasteiger partial charge in [-0.3, -0.25) is 4.90 Å². The van der Waals surface area contributed by atoms with Crippen molar-refractivity contribution in [1.82, 2.24) is 14.9 Å². The molecule has 4 aromatic rings. The minimum absolute atomic E-state index is 0.154. The molecular formula is C27H27ClN4S. The molecule has 0 amide bonds. The van der Waals surface area contributed by atoms with Gasteiger partial charge in [-0.05, 0) is 48.4 Å². The van der Waals surface area contributed by atoms with Crippen LogP contribution in [0.25, 0.3) is 10.2 Å². The number of aromatic nitrogens is 2. The summed E-state index contributed by atoms with van der Waals surface area (Å²) >= 11 is 8.56. The summed E-state index contributed by atoms with van der Waals surface area (Å²) in [5, 5.41) is 2.15. The Kier molecular flexibility index (Phi) is 5.78. The number of piperazine rings is 1. The molecule has 0 N–H and O–H groups in total. The van der Waals surface area contributed by atoms with E-state index in [0.29, 0.717) is 0 Å². The molecule has 2 aliphatic rings. The zero-order valence-electron chi connectivity index (χ0n) is 18.6. The summed E-state index contributed by atoms with van der Waals surface area (Å²) in [6, 6.07) is 19.2. The highest BCUT2D eigenvalue weighted by Crippen LogP contribution is 2.40. The van der Waals surface area contributed by atoms with Gasteiger partial charge in [0.1, 0.15) is 17.0 Å². The number of hydrogen-bond donors (Lipinski definition) is 0. The molecule has 0 spiro atoms. The average molecular weight is 475 g/mol. The fraction of sp³-hybridized carbons (Fsp3) is 0.333. The Bertz CT molecular complexity index is 1260. The summed E-state index contributed by atoms with van der Waals surface area (Å²) in [6.07, 6.45) is 6.68. The standard InChI is InChI=1S/C27H27ClN4S/c28-22-12-6-4-10-20(22)25(19-8-2-1-3-9-19)31-14-16-32(17-15-31)26-24-21-11-5-7-13-23(21)33-27(24)30-18-29-26/h1-4,6,8-10,12,18,25H,5,7,11,13-17H2/t25-/m1/s1. The lowest BCUT2D eigenvalue weighted by Crippen LogP contribution is -2.48. The van der Waals surface area contributed by atoms with Gasteiger partial charge < -0.3 is 4.90 Å². The van der Waals surface area contributed by atoms with Gasteiger partial charge in [-0.1, -0.05) is 60.1 Å². The Hall–Kier alpha value is -2.47. The summed E-state index contributed by atoms with van der Waals surface area (Å²) in [4.78, 5) is 17.1. The normalized spacial score (nSPS) is 17.8. The summed E-state index contributed by atoms with van der Waals surface area (Å²) in [5.41, 5.74) is 3.98. The molecule has 2 aromatic heterocycles. The van der Waals surface area contributed by atoms with Crippen molar-refractivity contribution >= 4 is 39.0 Å². The van der Waals surface area contributed by atoms with Crippen molar-refractivity contribution in [3.05, 3.63) is 87.5 Å². The van der Waals surface area contributed by atoms with Crippen molar-refractivity contribution in [2.75, 3.05) is 31.1 Å². The number of hydrogen-bond acceptors (Lipinski definition) is 5. The van der Waals surface area contributed by atoms with E-state index in [1.54, 1.807) is 6.33 Å². The van der Waals surface area contributed by atoms with Crippen molar-refractivity contribution in [3.8, 4) is 0 Å². The van der Waals surface area contributed by atoms with Crippen LogP contribution in [0.4, 0.5) is 5.82 Å². The number of thiophene rings is 1. The molecular weight excluding hydrogens is 448 g/mol. The molecule has 0 unspecified atom stereocenters. The Morgan fingerprint density at radius 1 is 0.848 bits per heavy atom. The van der Waals surface area contributed by atoms with Gasteiger partial charge >= 0.3 is 0 Å². The number of halogens is 1. The van der Waals surface area contributed by atoms with Gasteiger partial charge in [0.25, 0.3) is 0 Å². The molecule has 0 radical (unpaired) electrons. The van der Waals surface area contributed by atoms with Crippen molar-refractivity contribution in [3.63, 3.8) is 0 Å². The molecule has 1 aliphatic heterocycles. The van der Waals surface area contributed by atoms with Crippen molar-refractivity contribution < 1.29 is 0 Å². The highest BCUT2D eigenvalue weighted by molar-refractivity contribution is 7.19. The van der Waals surface area contributed by atoms with Crippen molar-refractivity contribution in [2.45, 2.75) is 31.7 Å². The molecule has 6 rings (SSSR count). The van der Waals surface area contributed by atoms with Crippen LogP contribution < -0.4 is 4.90 Å². The van der Waals surface area contributed by atoms with E-state index in [-0.39, 0.29) is 6.04 Å². The van der Waals surface area contributed by atoms with Crippen LogP contribution >= 0.6 is 22.9 Å². The largest absolute Gasteiger partial charge is 0.353 e. The first kappa shape index (κ1) is 21.1. The van der Waals surface area contributed by atoms with E-state index >= 15 is 0 Å². The fourth-order valence-corrected chi connectivity index (χ4v) is 6.89. The van der Waals surface area contributed by atoms with Gasteiger partial charge in [-0.2, -0.15) is 0 Å². The fourth-order valence-electron chi connectivity index (χ4n) is 5.42. The lowest BCUT2D eigenvalue weighted by atomic mass is 9.96. The van der Waals surface area contributed by atoms with Crippen LogP contribution in [0.15, 0.2) is 60.9 Å². The highest BCUT2D eigenvalue weighted by atomic mass is 35.5. The van der Waals surface area contributed by atoms with Gasteiger partial charge in [0.05, 0.1) is 11.4 Å². The molecule has 1 fully saturated rings. The molecule has 3 heterocycles. The predicted octanol–water partition coefficient (Wildman–Crippen LogP) is 6.14. The number of rotatable bonds is 4. The van der Waals surface area contributed by atoms with E-state index < -0.39 is 0 Å². The van der Waals surface area contributed by atoms with Crippen LogP contribution in [0.5, 0.6) is 0 Å². The average Bonchev–Trinajstić information content (AvgIpc) is 3.25. The van der Waals surface area contributed by atoms with Crippen LogP contribution in [-0.4, -0.2) is 41.0 Å². The first-order valence-corrected chi connectivity index (χ1v) is 13.0. The van der Waals surface area contributed by atoms with Gasteiger partial charge in [-0.25, -0.2) is 9.97 Å². The second-order valence-electron chi connectivity index (χ2n) is 8.95. The third kappa shape index (κ3) is 3.92. The molecule has 2 aromatic carbocycles. The quantitative estimate of drug-likeness (QED) is 0.356. The molecule has 1 saturated heterocycles. The summed E-state index contributed by atoms with van der Waals surface area (Å²) in [6.45, 7) is 3.82. The maximum absolute atomic E-state index is 6.68. The van der Waals surface area contributed by atoms with Gasteiger partial charge in [0.15, 0.2) is 0 Å². The summed E-state index contributed by atoms with van der Waals surface area (Å²) in [5.74, 6) is 1.13. The molecule has 0 saturated carbocycles. The van der Waals surface area contributed by atoms with E-state index in [2.05, 4.69) is 57.2 Å². The molecule has 0 bridgehead atoms. The van der Waals surface area contributed by atoms with Crippen molar-refractivity contribution in [2.24, 2.45) is 0 Å². The number of aryl methyl sites for hydroxylation is 2. The number of fused-ring (bicyclic) bond motifs is 3. The summed E-state index contributed by atoms with van der Waals surface area (Å²) < 4.78 is 0. The van der Waals surface area contributed by atoms with E-state index in [9.17, 15) is 0 Å². The first-order valence-electron chi connectivity index (χ1n) is 11.8. The summed E-state index contributed by atoms with van der Waals surface area (Å²) in [7, 11) is 0. The van der Waals surface area contributed by atoms with Crippen molar-refractivity contribution in [1.29, 1.82) is 0 Å². The molecule has 4 nitrogen and oxygen atoms in total. The van der Waals surface area contributed by atoms with E-state index in [4.69, 9.17) is 16.6 Å². The Balaban J connectivity index is 1.30. The topological polar surface area (TPSA) is 32.3 Å².